The van der Waals surface area contributed by atoms with Crippen LogP contribution in [0.2, 0.25) is 0 Å². The van der Waals surface area contributed by atoms with Gasteiger partial charge in [-0.25, -0.2) is 0 Å². The summed E-state index contributed by atoms with van der Waals surface area (Å²) in [5, 5.41) is 2.99. The Morgan fingerprint density at radius 1 is 1.57 bits per heavy atom. The van der Waals surface area contributed by atoms with Gasteiger partial charge in [-0.05, 0) is 30.5 Å². The number of amides is 1. The molecule has 14 heavy (non-hydrogen) atoms. The standard InChI is InChI=1S/C11H12BrNO/c1-2-7-6-9-8(11(14)13-7)4-3-5-10(9)12/h3-5,7H,2,6H2,1H3,(H,13,14)/t7-/m1/s1. The molecular formula is C11H12BrNO. The highest BCUT2D eigenvalue weighted by atomic mass is 79.9. The van der Waals surface area contributed by atoms with Gasteiger partial charge < -0.3 is 5.32 Å². The zero-order chi connectivity index (χ0) is 10.1. The molecule has 1 N–H and O–H groups in total. The van der Waals surface area contributed by atoms with Crippen molar-refractivity contribution >= 4 is 21.8 Å². The summed E-state index contributed by atoms with van der Waals surface area (Å²) in [6.45, 7) is 2.09. The lowest BCUT2D eigenvalue weighted by atomic mass is 9.94. The first-order chi connectivity index (χ1) is 6.72. The van der Waals surface area contributed by atoms with Crippen LogP contribution in [0.1, 0.15) is 29.3 Å². The highest BCUT2D eigenvalue weighted by Gasteiger charge is 2.23. The summed E-state index contributed by atoms with van der Waals surface area (Å²) in [6, 6.07) is 6.05. The largest absolute Gasteiger partial charge is 0.349 e. The molecule has 1 aliphatic heterocycles. The summed E-state index contributed by atoms with van der Waals surface area (Å²) in [6.07, 6.45) is 1.91. The fraction of sp³-hybridized carbons (Fsp3) is 0.364. The maximum Gasteiger partial charge on any atom is 0.251 e. The average Bonchev–Trinajstić information content (AvgIpc) is 2.19. The minimum absolute atomic E-state index is 0.0550. The van der Waals surface area contributed by atoms with Gasteiger partial charge in [0, 0.05) is 16.1 Å². The van der Waals surface area contributed by atoms with Crippen LogP contribution in [0.3, 0.4) is 0 Å². The Bertz CT molecular complexity index is 376. The van der Waals surface area contributed by atoms with Gasteiger partial charge in [0.15, 0.2) is 0 Å². The third-order valence-electron chi connectivity index (χ3n) is 2.64. The van der Waals surface area contributed by atoms with Crippen LogP contribution >= 0.6 is 15.9 Å². The zero-order valence-corrected chi connectivity index (χ0v) is 9.60. The van der Waals surface area contributed by atoms with E-state index in [0.717, 1.165) is 28.4 Å². The van der Waals surface area contributed by atoms with Crippen LogP contribution in [0.15, 0.2) is 22.7 Å². The predicted octanol–water partition coefficient (Wildman–Crippen LogP) is 2.51. The Kier molecular flexibility index (Phi) is 2.59. The van der Waals surface area contributed by atoms with E-state index in [0.29, 0.717) is 0 Å². The molecule has 1 heterocycles. The van der Waals surface area contributed by atoms with E-state index in [4.69, 9.17) is 0 Å². The van der Waals surface area contributed by atoms with Crippen LogP contribution in [0.4, 0.5) is 0 Å². The van der Waals surface area contributed by atoms with Crippen molar-refractivity contribution in [3.8, 4) is 0 Å². The minimum Gasteiger partial charge on any atom is -0.349 e. The molecule has 0 aliphatic carbocycles. The molecule has 1 aromatic rings. The molecule has 1 atom stereocenters. The smallest absolute Gasteiger partial charge is 0.251 e. The summed E-state index contributed by atoms with van der Waals surface area (Å²) in [4.78, 5) is 11.7. The second kappa shape index (κ2) is 3.73. The molecule has 1 amide bonds. The molecule has 1 aliphatic rings. The number of carbonyl (C=O) groups excluding carboxylic acids is 1. The van der Waals surface area contributed by atoms with Crippen LogP contribution in [-0.2, 0) is 6.42 Å². The monoisotopic (exact) mass is 253 g/mol. The highest BCUT2D eigenvalue weighted by molar-refractivity contribution is 9.10. The van der Waals surface area contributed by atoms with E-state index in [1.807, 2.05) is 18.2 Å². The van der Waals surface area contributed by atoms with Crippen LogP contribution in [0, 0.1) is 0 Å². The van der Waals surface area contributed by atoms with Crippen molar-refractivity contribution in [1.82, 2.24) is 5.32 Å². The normalized spacial score (nSPS) is 20.1. The molecule has 3 heteroatoms. The maximum absolute atomic E-state index is 11.7. The summed E-state index contributed by atoms with van der Waals surface area (Å²) in [5.74, 6) is 0.0550. The molecular weight excluding hydrogens is 242 g/mol. The van der Waals surface area contributed by atoms with Crippen LogP contribution in [-0.4, -0.2) is 11.9 Å². The van der Waals surface area contributed by atoms with Crippen molar-refractivity contribution in [2.45, 2.75) is 25.8 Å². The van der Waals surface area contributed by atoms with Gasteiger partial charge >= 0.3 is 0 Å². The van der Waals surface area contributed by atoms with Crippen LogP contribution in [0.25, 0.3) is 0 Å². The second-order valence-electron chi connectivity index (χ2n) is 3.55. The Labute approximate surface area is 91.8 Å². The van der Waals surface area contributed by atoms with Gasteiger partial charge in [0.1, 0.15) is 0 Å². The Morgan fingerprint density at radius 3 is 3.07 bits per heavy atom. The Balaban J connectivity index is 2.45. The van der Waals surface area contributed by atoms with E-state index in [-0.39, 0.29) is 11.9 Å². The van der Waals surface area contributed by atoms with Crippen LogP contribution in [0.5, 0.6) is 0 Å². The van der Waals surface area contributed by atoms with E-state index >= 15 is 0 Å². The third-order valence-corrected chi connectivity index (χ3v) is 3.38. The number of hydrogen-bond acceptors (Lipinski definition) is 1. The molecule has 2 nitrogen and oxygen atoms in total. The number of halogens is 1. The Morgan fingerprint density at radius 2 is 2.36 bits per heavy atom. The van der Waals surface area contributed by atoms with E-state index in [1.54, 1.807) is 0 Å². The molecule has 0 unspecified atom stereocenters. The lowest BCUT2D eigenvalue weighted by Crippen LogP contribution is -2.41. The predicted molar refractivity (Wildman–Crippen MR) is 59.4 cm³/mol. The van der Waals surface area contributed by atoms with Gasteiger partial charge in [-0.15, -0.1) is 0 Å². The van der Waals surface area contributed by atoms with E-state index in [1.165, 1.54) is 0 Å². The van der Waals surface area contributed by atoms with E-state index in [9.17, 15) is 4.79 Å². The van der Waals surface area contributed by atoms with Gasteiger partial charge in [0.05, 0.1) is 0 Å². The number of nitrogens with one attached hydrogen (secondary N) is 1. The van der Waals surface area contributed by atoms with Crippen molar-refractivity contribution < 1.29 is 4.79 Å². The quantitative estimate of drug-likeness (QED) is 0.819. The van der Waals surface area contributed by atoms with Crippen molar-refractivity contribution in [2.75, 3.05) is 0 Å². The topological polar surface area (TPSA) is 29.1 Å². The van der Waals surface area contributed by atoms with Crippen molar-refractivity contribution in [2.24, 2.45) is 0 Å². The zero-order valence-electron chi connectivity index (χ0n) is 8.01. The minimum atomic E-state index is 0.0550. The molecule has 0 bridgehead atoms. The summed E-state index contributed by atoms with van der Waals surface area (Å²) >= 11 is 3.49. The van der Waals surface area contributed by atoms with E-state index < -0.39 is 0 Å². The van der Waals surface area contributed by atoms with Gasteiger partial charge in [-0.1, -0.05) is 28.9 Å². The SMILES string of the molecule is CC[C@@H]1Cc2c(Br)cccc2C(=O)N1. The summed E-state index contributed by atoms with van der Waals surface area (Å²) in [5.41, 5.74) is 1.95. The fourth-order valence-corrected chi connectivity index (χ4v) is 2.31. The molecule has 0 aromatic heterocycles. The van der Waals surface area contributed by atoms with Gasteiger partial charge in [-0.3, -0.25) is 4.79 Å². The molecule has 0 spiro atoms. The molecule has 1 aromatic carbocycles. The lowest BCUT2D eigenvalue weighted by Gasteiger charge is -2.25. The van der Waals surface area contributed by atoms with Crippen LogP contribution < -0.4 is 5.32 Å². The first-order valence-corrected chi connectivity index (χ1v) is 5.60. The lowest BCUT2D eigenvalue weighted by molar-refractivity contribution is 0.0924. The van der Waals surface area contributed by atoms with E-state index in [2.05, 4.69) is 28.2 Å². The molecule has 2 rings (SSSR count). The number of rotatable bonds is 1. The summed E-state index contributed by atoms with van der Waals surface area (Å²) < 4.78 is 1.04. The van der Waals surface area contributed by atoms with Gasteiger partial charge in [-0.2, -0.15) is 0 Å². The number of benzene rings is 1. The van der Waals surface area contributed by atoms with Gasteiger partial charge in [0.2, 0.25) is 0 Å². The van der Waals surface area contributed by atoms with Crippen molar-refractivity contribution in [1.29, 1.82) is 0 Å². The molecule has 0 fully saturated rings. The molecule has 0 radical (unpaired) electrons. The van der Waals surface area contributed by atoms with Gasteiger partial charge in [0.25, 0.3) is 5.91 Å². The average molecular weight is 254 g/mol. The highest BCUT2D eigenvalue weighted by Crippen LogP contribution is 2.25. The molecule has 74 valence electrons. The maximum atomic E-state index is 11.7. The van der Waals surface area contributed by atoms with Crippen molar-refractivity contribution in [3.05, 3.63) is 33.8 Å². The first-order valence-electron chi connectivity index (χ1n) is 4.80. The summed E-state index contributed by atoms with van der Waals surface area (Å²) in [7, 11) is 0. The second-order valence-corrected chi connectivity index (χ2v) is 4.40. The van der Waals surface area contributed by atoms with Crippen molar-refractivity contribution in [3.63, 3.8) is 0 Å². The number of carbonyl (C=O) groups is 1. The Hall–Kier alpha value is -0.830. The third kappa shape index (κ3) is 1.57. The number of fused-ring (bicyclic) bond motifs is 1. The molecule has 0 saturated carbocycles. The fourth-order valence-electron chi connectivity index (χ4n) is 1.79. The molecule has 0 saturated heterocycles. The number of hydrogen-bond donors (Lipinski definition) is 1. The first kappa shape index (κ1) is 9.71.